The van der Waals surface area contributed by atoms with Crippen molar-refractivity contribution in [1.29, 1.82) is 0 Å². The number of tetrazole rings is 1. The fraction of sp³-hybridized carbons (Fsp3) is 0.333. The molecule has 0 saturated heterocycles. The standard InChI is InChI=1S/C12H13ClN4O2/c1-8(6-11(18)19)7-17-12(14-15-16-17)9-2-4-10(13)5-3-9/h2-5,8H,6-7H2,1H3,(H,18,19). The van der Waals surface area contributed by atoms with Gasteiger partial charge < -0.3 is 5.11 Å². The van der Waals surface area contributed by atoms with Gasteiger partial charge in [0.15, 0.2) is 5.82 Å². The van der Waals surface area contributed by atoms with Gasteiger partial charge in [-0.15, -0.1) is 5.10 Å². The first-order chi connectivity index (χ1) is 9.06. The molecule has 1 unspecified atom stereocenters. The monoisotopic (exact) mass is 280 g/mol. The van der Waals surface area contributed by atoms with Crippen LogP contribution in [0.1, 0.15) is 13.3 Å². The van der Waals surface area contributed by atoms with E-state index in [0.29, 0.717) is 17.4 Å². The third-order valence-corrected chi connectivity index (χ3v) is 2.89. The van der Waals surface area contributed by atoms with E-state index in [1.807, 2.05) is 19.1 Å². The molecule has 0 spiro atoms. The van der Waals surface area contributed by atoms with E-state index >= 15 is 0 Å². The Morgan fingerprint density at radius 1 is 1.42 bits per heavy atom. The van der Waals surface area contributed by atoms with Crippen molar-refractivity contribution in [2.24, 2.45) is 5.92 Å². The Kier molecular flexibility index (Phi) is 4.11. The molecule has 0 radical (unpaired) electrons. The molecule has 0 fully saturated rings. The Balaban J connectivity index is 2.18. The predicted octanol–water partition coefficient (Wildman–Crippen LogP) is 2.10. The summed E-state index contributed by atoms with van der Waals surface area (Å²) in [6.45, 7) is 2.30. The zero-order chi connectivity index (χ0) is 13.8. The molecule has 100 valence electrons. The molecule has 1 atom stereocenters. The highest BCUT2D eigenvalue weighted by Crippen LogP contribution is 2.19. The topological polar surface area (TPSA) is 80.9 Å². The van der Waals surface area contributed by atoms with Crippen LogP contribution in [0.5, 0.6) is 0 Å². The number of rotatable bonds is 5. The van der Waals surface area contributed by atoms with Crippen LogP contribution in [0.3, 0.4) is 0 Å². The van der Waals surface area contributed by atoms with Gasteiger partial charge in [-0.05, 0) is 40.6 Å². The molecule has 0 aliphatic rings. The lowest BCUT2D eigenvalue weighted by Crippen LogP contribution is -2.14. The highest BCUT2D eigenvalue weighted by molar-refractivity contribution is 6.30. The maximum atomic E-state index is 10.7. The predicted molar refractivity (Wildman–Crippen MR) is 69.7 cm³/mol. The summed E-state index contributed by atoms with van der Waals surface area (Å²) in [5.41, 5.74) is 0.844. The molecule has 2 aromatic rings. The van der Waals surface area contributed by atoms with E-state index < -0.39 is 5.97 Å². The van der Waals surface area contributed by atoms with Crippen molar-refractivity contribution in [2.75, 3.05) is 0 Å². The van der Waals surface area contributed by atoms with E-state index in [9.17, 15) is 4.79 Å². The third-order valence-electron chi connectivity index (χ3n) is 2.64. The molecule has 0 saturated carbocycles. The molecule has 19 heavy (non-hydrogen) atoms. The minimum absolute atomic E-state index is 0.0490. The minimum atomic E-state index is -0.825. The SMILES string of the molecule is CC(CC(=O)O)Cn1nnnc1-c1ccc(Cl)cc1. The molecule has 0 amide bonds. The number of aromatic nitrogens is 4. The summed E-state index contributed by atoms with van der Waals surface area (Å²) in [5, 5.41) is 20.9. The highest BCUT2D eigenvalue weighted by atomic mass is 35.5. The van der Waals surface area contributed by atoms with Crippen molar-refractivity contribution >= 4 is 17.6 Å². The normalized spacial score (nSPS) is 12.3. The largest absolute Gasteiger partial charge is 0.481 e. The Morgan fingerprint density at radius 3 is 2.74 bits per heavy atom. The van der Waals surface area contributed by atoms with E-state index in [2.05, 4.69) is 15.5 Å². The Labute approximate surface area is 115 Å². The third kappa shape index (κ3) is 3.51. The van der Waals surface area contributed by atoms with Crippen LogP contribution in [0.15, 0.2) is 24.3 Å². The van der Waals surface area contributed by atoms with Crippen LogP contribution < -0.4 is 0 Å². The first-order valence-electron chi connectivity index (χ1n) is 5.80. The van der Waals surface area contributed by atoms with Crippen molar-refractivity contribution in [2.45, 2.75) is 19.9 Å². The Hall–Kier alpha value is -1.95. The van der Waals surface area contributed by atoms with Crippen molar-refractivity contribution in [3.8, 4) is 11.4 Å². The lowest BCUT2D eigenvalue weighted by Gasteiger charge is -2.09. The number of benzene rings is 1. The summed E-state index contributed by atoms with van der Waals surface area (Å²) in [6, 6.07) is 7.17. The zero-order valence-electron chi connectivity index (χ0n) is 10.3. The second kappa shape index (κ2) is 5.79. The van der Waals surface area contributed by atoms with Crippen LogP contribution in [0.4, 0.5) is 0 Å². The second-order valence-corrected chi connectivity index (χ2v) is 4.83. The molecule has 0 aliphatic carbocycles. The maximum absolute atomic E-state index is 10.7. The zero-order valence-corrected chi connectivity index (χ0v) is 11.1. The van der Waals surface area contributed by atoms with Gasteiger partial charge in [-0.2, -0.15) is 0 Å². The van der Waals surface area contributed by atoms with E-state index in [1.165, 1.54) is 0 Å². The quantitative estimate of drug-likeness (QED) is 0.907. The highest BCUT2D eigenvalue weighted by Gasteiger charge is 2.14. The summed E-state index contributed by atoms with van der Waals surface area (Å²) in [5.74, 6) is -0.269. The number of hydrogen-bond acceptors (Lipinski definition) is 4. The van der Waals surface area contributed by atoms with Gasteiger partial charge in [0, 0.05) is 23.6 Å². The van der Waals surface area contributed by atoms with Crippen molar-refractivity contribution in [3.63, 3.8) is 0 Å². The van der Waals surface area contributed by atoms with Gasteiger partial charge in [0.1, 0.15) is 0 Å². The van der Waals surface area contributed by atoms with Crippen LogP contribution in [-0.4, -0.2) is 31.3 Å². The van der Waals surface area contributed by atoms with Crippen LogP contribution in [-0.2, 0) is 11.3 Å². The molecular formula is C12H13ClN4O2. The van der Waals surface area contributed by atoms with Crippen LogP contribution in [0.2, 0.25) is 5.02 Å². The molecule has 1 heterocycles. The summed E-state index contributed by atoms with van der Waals surface area (Å²) < 4.78 is 1.61. The van der Waals surface area contributed by atoms with Gasteiger partial charge in [-0.25, -0.2) is 4.68 Å². The van der Waals surface area contributed by atoms with Gasteiger partial charge in [0.2, 0.25) is 0 Å². The Bertz CT molecular complexity index is 567. The van der Waals surface area contributed by atoms with E-state index in [0.717, 1.165) is 5.56 Å². The molecule has 1 aromatic heterocycles. The van der Waals surface area contributed by atoms with Crippen molar-refractivity contribution in [1.82, 2.24) is 20.2 Å². The molecular weight excluding hydrogens is 268 g/mol. The molecule has 7 heteroatoms. The summed E-state index contributed by atoms with van der Waals surface area (Å²) in [7, 11) is 0. The Morgan fingerprint density at radius 2 is 2.11 bits per heavy atom. The number of hydrogen-bond donors (Lipinski definition) is 1. The minimum Gasteiger partial charge on any atom is -0.481 e. The van der Waals surface area contributed by atoms with E-state index in [1.54, 1.807) is 16.8 Å². The molecule has 6 nitrogen and oxygen atoms in total. The van der Waals surface area contributed by atoms with Crippen LogP contribution in [0, 0.1) is 5.92 Å². The number of nitrogens with zero attached hydrogens (tertiary/aromatic N) is 4. The van der Waals surface area contributed by atoms with Gasteiger partial charge in [-0.3, -0.25) is 4.79 Å². The molecule has 0 aliphatic heterocycles. The van der Waals surface area contributed by atoms with Crippen molar-refractivity contribution in [3.05, 3.63) is 29.3 Å². The summed E-state index contributed by atoms with van der Waals surface area (Å²) in [4.78, 5) is 10.7. The van der Waals surface area contributed by atoms with Gasteiger partial charge in [0.25, 0.3) is 0 Å². The first-order valence-corrected chi connectivity index (χ1v) is 6.18. The van der Waals surface area contributed by atoms with Crippen LogP contribution in [0.25, 0.3) is 11.4 Å². The number of carboxylic acid groups (broad SMARTS) is 1. The second-order valence-electron chi connectivity index (χ2n) is 4.39. The van der Waals surface area contributed by atoms with Crippen molar-refractivity contribution < 1.29 is 9.90 Å². The van der Waals surface area contributed by atoms with Gasteiger partial charge in [-0.1, -0.05) is 18.5 Å². The number of carboxylic acids is 1. The fourth-order valence-corrected chi connectivity index (χ4v) is 1.92. The van der Waals surface area contributed by atoms with E-state index in [-0.39, 0.29) is 12.3 Å². The number of halogens is 1. The average molecular weight is 281 g/mol. The van der Waals surface area contributed by atoms with Crippen LogP contribution >= 0.6 is 11.6 Å². The first kappa shape index (κ1) is 13.5. The lowest BCUT2D eigenvalue weighted by molar-refractivity contribution is -0.138. The number of aliphatic carboxylic acids is 1. The smallest absolute Gasteiger partial charge is 0.303 e. The molecule has 1 N–H and O–H groups in total. The average Bonchev–Trinajstić information content (AvgIpc) is 2.77. The summed E-state index contributed by atoms with van der Waals surface area (Å²) in [6.07, 6.45) is 0.0833. The molecule has 1 aromatic carbocycles. The lowest BCUT2D eigenvalue weighted by atomic mass is 10.1. The van der Waals surface area contributed by atoms with E-state index in [4.69, 9.17) is 16.7 Å². The number of carbonyl (C=O) groups is 1. The van der Waals surface area contributed by atoms with Gasteiger partial charge >= 0.3 is 5.97 Å². The summed E-state index contributed by atoms with van der Waals surface area (Å²) >= 11 is 5.83. The maximum Gasteiger partial charge on any atom is 0.303 e. The molecule has 2 rings (SSSR count). The fourth-order valence-electron chi connectivity index (χ4n) is 1.79. The molecule has 0 bridgehead atoms. The van der Waals surface area contributed by atoms with Gasteiger partial charge in [0.05, 0.1) is 0 Å².